The number of halogens is 2. The second kappa shape index (κ2) is 3.55. The molecule has 1 aromatic heterocycles. The Kier molecular flexibility index (Phi) is 2.61. The van der Waals surface area contributed by atoms with Gasteiger partial charge in [0.15, 0.2) is 0 Å². The van der Waals surface area contributed by atoms with E-state index in [9.17, 15) is 4.39 Å². The predicted molar refractivity (Wildman–Crippen MR) is 62.6 cm³/mol. The lowest BCUT2D eigenvalue weighted by atomic mass is 9.91. The van der Waals surface area contributed by atoms with Crippen molar-refractivity contribution < 1.29 is 4.39 Å². The second-order valence-electron chi connectivity index (χ2n) is 5.21. The molecule has 1 heterocycles. The minimum atomic E-state index is -0.123. The van der Waals surface area contributed by atoms with Crippen LogP contribution in [0, 0.1) is 5.82 Å². The third kappa shape index (κ3) is 2.07. The van der Waals surface area contributed by atoms with Gasteiger partial charge in [0.1, 0.15) is 5.82 Å². The Morgan fingerprint density at radius 2 is 2.00 bits per heavy atom. The van der Waals surface area contributed by atoms with Crippen molar-refractivity contribution in [2.75, 3.05) is 0 Å². The minimum Gasteiger partial charge on any atom is -0.259 e. The quantitative estimate of drug-likeness (QED) is 0.748. The summed E-state index contributed by atoms with van der Waals surface area (Å²) in [6.45, 7) is 6.11. The molecule has 0 radical (unpaired) electrons. The normalized spacial score (nSPS) is 16.9. The highest BCUT2D eigenvalue weighted by atomic mass is 79.9. The Morgan fingerprint density at radius 1 is 1.40 bits per heavy atom. The van der Waals surface area contributed by atoms with Crippen LogP contribution in [0.3, 0.4) is 0 Å². The van der Waals surface area contributed by atoms with Gasteiger partial charge in [-0.1, -0.05) is 20.8 Å². The summed E-state index contributed by atoms with van der Waals surface area (Å²) in [5.74, 6) is 0.292. The molecule has 0 unspecified atom stereocenters. The van der Waals surface area contributed by atoms with Crippen LogP contribution in [0.1, 0.15) is 50.8 Å². The van der Waals surface area contributed by atoms with E-state index in [0.29, 0.717) is 10.4 Å². The van der Waals surface area contributed by atoms with Crippen molar-refractivity contribution in [3.05, 3.63) is 27.7 Å². The molecule has 15 heavy (non-hydrogen) atoms. The SMILES string of the molecule is CC(C)(C)c1ncc(C2CC2)c(F)c1Br. The van der Waals surface area contributed by atoms with Gasteiger partial charge in [-0.05, 0) is 34.7 Å². The van der Waals surface area contributed by atoms with Crippen LogP contribution in [0.15, 0.2) is 10.7 Å². The Morgan fingerprint density at radius 3 is 2.47 bits per heavy atom. The molecule has 2 rings (SSSR count). The van der Waals surface area contributed by atoms with E-state index in [1.807, 2.05) is 20.8 Å². The molecule has 0 spiro atoms. The maximum absolute atomic E-state index is 14.0. The molecule has 0 amide bonds. The second-order valence-corrected chi connectivity index (χ2v) is 6.01. The van der Waals surface area contributed by atoms with Crippen LogP contribution in [-0.2, 0) is 5.41 Å². The van der Waals surface area contributed by atoms with E-state index < -0.39 is 0 Å². The van der Waals surface area contributed by atoms with Gasteiger partial charge in [-0.15, -0.1) is 0 Å². The average Bonchev–Trinajstić information content (AvgIpc) is 2.90. The maximum atomic E-state index is 14.0. The number of hydrogen-bond acceptors (Lipinski definition) is 1. The lowest BCUT2D eigenvalue weighted by Crippen LogP contribution is -2.15. The number of aromatic nitrogens is 1. The van der Waals surface area contributed by atoms with Crippen LogP contribution in [-0.4, -0.2) is 4.98 Å². The first kappa shape index (κ1) is 11.1. The Labute approximate surface area is 98.2 Å². The third-order valence-electron chi connectivity index (χ3n) is 2.71. The molecular formula is C12H15BrFN. The number of hydrogen-bond donors (Lipinski definition) is 0. The lowest BCUT2D eigenvalue weighted by Gasteiger charge is -2.20. The maximum Gasteiger partial charge on any atom is 0.144 e. The third-order valence-corrected chi connectivity index (χ3v) is 3.44. The van der Waals surface area contributed by atoms with Crippen LogP contribution in [0.4, 0.5) is 4.39 Å². The summed E-state index contributed by atoms with van der Waals surface area (Å²) in [6.07, 6.45) is 3.90. The van der Waals surface area contributed by atoms with Crippen molar-refractivity contribution >= 4 is 15.9 Å². The first-order valence-corrected chi connectivity index (χ1v) is 6.05. The molecule has 0 bridgehead atoms. The fourth-order valence-corrected chi connectivity index (χ4v) is 2.61. The zero-order valence-corrected chi connectivity index (χ0v) is 10.9. The molecule has 1 aliphatic carbocycles. The van der Waals surface area contributed by atoms with E-state index >= 15 is 0 Å². The number of rotatable bonds is 1. The van der Waals surface area contributed by atoms with E-state index in [1.165, 1.54) is 0 Å². The zero-order chi connectivity index (χ0) is 11.2. The summed E-state index contributed by atoms with van der Waals surface area (Å²) < 4.78 is 14.5. The van der Waals surface area contributed by atoms with E-state index in [-0.39, 0.29) is 11.2 Å². The largest absolute Gasteiger partial charge is 0.259 e. The highest BCUT2D eigenvalue weighted by Crippen LogP contribution is 2.43. The summed E-state index contributed by atoms with van der Waals surface area (Å²) in [5.41, 5.74) is 1.45. The van der Waals surface area contributed by atoms with Crippen LogP contribution in [0.25, 0.3) is 0 Å². The van der Waals surface area contributed by atoms with Gasteiger partial charge in [-0.25, -0.2) is 4.39 Å². The molecular weight excluding hydrogens is 257 g/mol. The molecule has 1 aromatic rings. The zero-order valence-electron chi connectivity index (χ0n) is 9.27. The van der Waals surface area contributed by atoms with Crippen molar-refractivity contribution in [3.8, 4) is 0 Å². The molecule has 0 aliphatic heterocycles. The smallest absolute Gasteiger partial charge is 0.144 e. The van der Waals surface area contributed by atoms with Crippen molar-refractivity contribution in [1.82, 2.24) is 4.98 Å². The summed E-state index contributed by atoms with van der Waals surface area (Å²) in [6, 6.07) is 0. The average molecular weight is 272 g/mol. The first-order chi connectivity index (χ1) is 6.91. The van der Waals surface area contributed by atoms with Crippen LogP contribution < -0.4 is 0 Å². The fraction of sp³-hybridized carbons (Fsp3) is 0.583. The van der Waals surface area contributed by atoms with Gasteiger partial charge < -0.3 is 0 Å². The van der Waals surface area contributed by atoms with Crippen LogP contribution in [0.5, 0.6) is 0 Å². The van der Waals surface area contributed by atoms with Crippen molar-refractivity contribution in [3.63, 3.8) is 0 Å². The van der Waals surface area contributed by atoms with E-state index in [2.05, 4.69) is 20.9 Å². The standard InChI is InChI=1S/C12H15BrFN/c1-12(2,3)11-9(13)10(14)8(6-15-11)7-4-5-7/h6-7H,4-5H2,1-3H3. The molecule has 0 atom stereocenters. The Bertz CT molecular complexity index is 391. The Balaban J connectivity index is 2.48. The monoisotopic (exact) mass is 271 g/mol. The van der Waals surface area contributed by atoms with Gasteiger partial charge in [0, 0.05) is 17.2 Å². The molecule has 0 N–H and O–H groups in total. The van der Waals surface area contributed by atoms with Gasteiger partial charge in [0.05, 0.1) is 10.2 Å². The molecule has 0 saturated heterocycles. The van der Waals surface area contributed by atoms with Gasteiger partial charge >= 0.3 is 0 Å². The van der Waals surface area contributed by atoms with Crippen molar-refractivity contribution in [2.24, 2.45) is 0 Å². The molecule has 1 nitrogen and oxygen atoms in total. The fourth-order valence-electron chi connectivity index (χ4n) is 1.68. The van der Waals surface area contributed by atoms with E-state index in [1.54, 1.807) is 6.20 Å². The highest BCUT2D eigenvalue weighted by molar-refractivity contribution is 9.10. The molecule has 1 fully saturated rings. The van der Waals surface area contributed by atoms with Gasteiger partial charge in [-0.2, -0.15) is 0 Å². The topological polar surface area (TPSA) is 12.9 Å². The van der Waals surface area contributed by atoms with Crippen LogP contribution in [0.2, 0.25) is 0 Å². The molecule has 1 aliphatic rings. The van der Waals surface area contributed by atoms with Gasteiger partial charge in [-0.3, -0.25) is 4.98 Å². The summed E-state index contributed by atoms with van der Waals surface area (Å²) in [7, 11) is 0. The molecule has 1 saturated carbocycles. The van der Waals surface area contributed by atoms with Gasteiger partial charge in [0.25, 0.3) is 0 Å². The van der Waals surface area contributed by atoms with E-state index in [0.717, 1.165) is 24.1 Å². The van der Waals surface area contributed by atoms with Gasteiger partial charge in [0.2, 0.25) is 0 Å². The molecule has 0 aromatic carbocycles. The van der Waals surface area contributed by atoms with Crippen molar-refractivity contribution in [1.29, 1.82) is 0 Å². The lowest BCUT2D eigenvalue weighted by molar-refractivity contribution is 0.538. The first-order valence-electron chi connectivity index (χ1n) is 5.25. The predicted octanol–water partition coefficient (Wildman–Crippen LogP) is 4.16. The molecule has 3 heteroatoms. The minimum absolute atomic E-state index is 0.113. The van der Waals surface area contributed by atoms with Crippen molar-refractivity contribution in [2.45, 2.75) is 44.9 Å². The van der Waals surface area contributed by atoms with Crippen LogP contribution >= 0.6 is 15.9 Å². The summed E-state index contributed by atoms with van der Waals surface area (Å²) >= 11 is 3.33. The Hall–Kier alpha value is -0.440. The number of nitrogens with zero attached hydrogens (tertiary/aromatic N) is 1. The summed E-state index contributed by atoms with van der Waals surface area (Å²) in [5, 5.41) is 0. The number of pyridine rings is 1. The highest BCUT2D eigenvalue weighted by Gasteiger charge is 2.30. The van der Waals surface area contributed by atoms with E-state index in [4.69, 9.17) is 0 Å². The molecule has 82 valence electrons. The summed E-state index contributed by atoms with van der Waals surface area (Å²) in [4.78, 5) is 4.38.